The first-order valence-corrected chi connectivity index (χ1v) is 15.4. The Balaban J connectivity index is 1.46. The highest BCUT2D eigenvalue weighted by atomic mass is 32.3. The number of carboxylic acids is 1. The zero-order chi connectivity index (χ0) is 32.9. The van der Waals surface area contributed by atoms with E-state index in [9.17, 15) is 27.9 Å². The Bertz CT molecular complexity index is 1730. The first-order chi connectivity index (χ1) is 21.2. The fourth-order valence-corrected chi connectivity index (χ4v) is 5.06. The van der Waals surface area contributed by atoms with E-state index in [2.05, 4.69) is 35.4 Å². The summed E-state index contributed by atoms with van der Waals surface area (Å²) in [4.78, 5) is 51.3. The lowest BCUT2D eigenvalue weighted by Gasteiger charge is -2.50. The van der Waals surface area contributed by atoms with E-state index >= 15 is 0 Å². The number of oxime groups is 1. The van der Waals surface area contributed by atoms with E-state index < -0.39 is 58.2 Å². The number of benzene rings is 1. The monoisotopic (exact) mass is 666 g/mol. The van der Waals surface area contributed by atoms with Crippen LogP contribution in [0.4, 0.5) is 10.9 Å². The Hall–Kier alpha value is -4.63. The number of hydrogen-bond donors (Lipinski definition) is 6. The second-order valence-electron chi connectivity index (χ2n) is 10.0. The van der Waals surface area contributed by atoms with E-state index in [-0.39, 0.29) is 10.8 Å². The van der Waals surface area contributed by atoms with Crippen LogP contribution in [0.2, 0.25) is 0 Å². The van der Waals surface area contributed by atoms with Gasteiger partial charge in [0.1, 0.15) is 29.9 Å². The van der Waals surface area contributed by atoms with Crippen LogP contribution in [-0.2, 0) is 33.9 Å². The molecule has 1 aliphatic heterocycles. The van der Waals surface area contributed by atoms with Crippen molar-refractivity contribution in [3.05, 3.63) is 41.4 Å². The molecule has 20 heteroatoms. The highest BCUT2D eigenvalue weighted by Gasteiger charge is 2.58. The summed E-state index contributed by atoms with van der Waals surface area (Å²) < 4.78 is 41.0. The zero-order valence-electron chi connectivity index (χ0n) is 24.1. The van der Waals surface area contributed by atoms with Crippen LogP contribution in [0.5, 0.6) is 5.75 Å². The lowest BCUT2D eigenvalue weighted by atomic mass is 9.84. The third-order valence-corrected chi connectivity index (χ3v) is 7.40. The Labute approximate surface area is 260 Å². The number of anilines is 2. The standard InChI is InChI=1S/C25H30N8O10S2/c1-25(2)20(22(35)33(25)43-45(38,39)40)31-21(34)19(16-12-44-24(26)30-16)32-42-17(23(36)37)11-41-14-5-6-15-13(10-14)4-7-18(29-15)28-9-8-27-3/h4-7,10,12,17,20,27H,8-9,11H2,1-3H3,(H2,26,30)(H,28,29)(H,31,34)(H,36,37)(H,38,39,40). The van der Waals surface area contributed by atoms with E-state index in [1.165, 1.54) is 19.2 Å². The normalized spacial score (nSPS) is 17.0. The number of β-lactam (4-membered cyclic amide) rings is 1. The molecule has 242 valence electrons. The first-order valence-electron chi connectivity index (χ1n) is 13.1. The van der Waals surface area contributed by atoms with E-state index in [0.29, 0.717) is 28.7 Å². The molecule has 45 heavy (non-hydrogen) atoms. The van der Waals surface area contributed by atoms with Crippen molar-refractivity contribution in [2.24, 2.45) is 5.16 Å². The van der Waals surface area contributed by atoms with Gasteiger partial charge in [-0.3, -0.25) is 14.1 Å². The number of thiazole rings is 1. The van der Waals surface area contributed by atoms with Gasteiger partial charge in [-0.15, -0.1) is 15.6 Å². The summed E-state index contributed by atoms with van der Waals surface area (Å²) in [5, 5.41) is 24.6. The van der Waals surface area contributed by atoms with Gasteiger partial charge in [0.2, 0.25) is 0 Å². The fourth-order valence-electron chi connectivity index (χ4n) is 4.06. The van der Waals surface area contributed by atoms with Gasteiger partial charge in [0.25, 0.3) is 17.9 Å². The number of amides is 2. The van der Waals surface area contributed by atoms with Gasteiger partial charge in [0.15, 0.2) is 10.8 Å². The lowest BCUT2D eigenvalue weighted by molar-refractivity contribution is -0.218. The van der Waals surface area contributed by atoms with Crippen molar-refractivity contribution in [1.29, 1.82) is 0 Å². The number of nitrogens with two attached hydrogens (primary N) is 1. The Morgan fingerprint density at radius 3 is 2.60 bits per heavy atom. The summed E-state index contributed by atoms with van der Waals surface area (Å²) >= 11 is 0.958. The van der Waals surface area contributed by atoms with Gasteiger partial charge in [-0.2, -0.15) is 13.5 Å². The van der Waals surface area contributed by atoms with E-state index in [1.807, 2.05) is 13.1 Å². The first kappa shape index (κ1) is 33.3. The number of likely N-dealkylation sites (N-methyl/N-ethyl adjacent to an activating group) is 1. The molecule has 2 aromatic heterocycles. The molecule has 18 nitrogen and oxygen atoms in total. The Morgan fingerprint density at radius 2 is 1.98 bits per heavy atom. The van der Waals surface area contributed by atoms with Crippen LogP contribution < -0.4 is 26.4 Å². The van der Waals surface area contributed by atoms with Crippen molar-refractivity contribution in [1.82, 2.24) is 25.7 Å². The van der Waals surface area contributed by atoms with Gasteiger partial charge in [-0.25, -0.2) is 14.8 Å². The molecule has 0 saturated carbocycles. The third kappa shape index (κ3) is 8.10. The maximum atomic E-state index is 13.2. The number of pyridine rings is 1. The van der Waals surface area contributed by atoms with Crippen LogP contribution in [0.15, 0.2) is 40.9 Å². The summed E-state index contributed by atoms with van der Waals surface area (Å²) in [5.74, 6) is -2.45. The molecule has 2 unspecified atom stereocenters. The van der Waals surface area contributed by atoms with Crippen molar-refractivity contribution >= 4 is 67.1 Å². The smallest absolute Gasteiger partial charge is 0.418 e. The number of nitrogen functional groups attached to an aromatic ring is 1. The van der Waals surface area contributed by atoms with Gasteiger partial charge < -0.3 is 36.4 Å². The molecule has 3 aromatic rings. The highest BCUT2D eigenvalue weighted by molar-refractivity contribution is 7.80. The van der Waals surface area contributed by atoms with Crippen LogP contribution in [-0.4, -0.2) is 101 Å². The summed E-state index contributed by atoms with van der Waals surface area (Å²) in [6.07, 6.45) is -1.68. The third-order valence-electron chi connectivity index (χ3n) is 6.39. The minimum absolute atomic E-state index is 0.0584. The molecule has 0 spiro atoms. The predicted octanol–water partition coefficient (Wildman–Crippen LogP) is -0.00230. The minimum Gasteiger partial charge on any atom is -0.489 e. The van der Waals surface area contributed by atoms with E-state index in [0.717, 1.165) is 23.3 Å². The number of carbonyl (C=O) groups excluding carboxylic acids is 2. The van der Waals surface area contributed by atoms with Gasteiger partial charge in [0, 0.05) is 23.9 Å². The molecule has 0 bridgehead atoms. The second kappa shape index (κ2) is 13.6. The van der Waals surface area contributed by atoms with E-state index in [1.54, 1.807) is 24.3 Å². The molecular weight excluding hydrogens is 636 g/mol. The summed E-state index contributed by atoms with van der Waals surface area (Å²) in [7, 11) is -3.17. The number of carboxylic acid groups (broad SMARTS) is 1. The van der Waals surface area contributed by atoms with Crippen molar-refractivity contribution in [3.63, 3.8) is 0 Å². The summed E-state index contributed by atoms with van der Waals surface area (Å²) in [6, 6.07) is 7.30. The van der Waals surface area contributed by atoms with Crippen LogP contribution in [0.25, 0.3) is 10.9 Å². The number of aromatic nitrogens is 2. The molecule has 2 amide bonds. The van der Waals surface area contributed by atoms with Crippen molar-refractivity contribution < 1.29 is 46.3 Å². The van der Waals surface area contributed by atoms with Crippen LogP contribution in [0.3, 0.4) is 0 Å². The molecule has 0 radical (unpaired) electrons. The quantitative estimate of drug-likeness (QED) is 0.0410. The average Bonchev–Trinajstić information content (AvgIpc) is 3.41. The molecule has 1 fully saturated rings. The molecular formula is C25H30N8O10S2. The maximum Gasteiger partial charge on any atom is 0.418 e. The number of aliphatic carboxylic acids is 1. The van der Waals surface area contributed by atoms with Crippen LogP contribution in [0, 0.1) is 0 Å². The van der Waals surface area contributed by atoms with Crippen LogP contribution >= 0.6 is 11.3 Å². The van der Waals surface area contributed by atoms with Gasteiger partial charge in [0.05, 0.1) is 11.1 Å². The molecule has 1 aromatic carbocycles. The number of rotatable bonds is 15. The summed E-state index contributed by atoms with van der Waals surface area (Å²) in [5.41, 5.74) is 4.34. The lowest BCUT2D eigenvalue weighted by Crippen LogP contribution is -2.76. The SMILES string of the molecule is CNCCNc1ccc2cc(OCC(ON=C(C(=O)NC3C(=O)N(OS(=O)(=O)O)C3(C)C)c3csc(N)n3)C(=O)O)ccc2n1. The topological polar surface area (TPSA) is 257 Å². The molecule has 1 saturated heterocycles. The minimum atomic E-state index is -5.01. The Morgan fingerprint density at radius 1 is 1.22 bits per heavy atom. The Kier molecular flexibility index (Phi) is 10.0. The molecule has 1 aliphatic rings. The summed E-state index contributed by atoms with van der Waals surface area (Å²) in [6.45, 7) is 3.67. The van der Waals surface area contributed by atoms with Gasteiger partial charge in [-0.1, -0.05) is 5.16 Å². The molecule has 4 rings (SSSR count). The second-order valence-corrected chi connectivity index (χ2v) is 11.9. The number of hydroxylamine groups is 2. The number of ether oxygens (including phenoxy) is 1. The average molecular weight is 667 g/mol. The predicted molar refractivity (Wildman–Crippen MR) is 161 cm³/mol. The van der Waals surface area contributed by atoms with Gasteiger partial charge in [-0.05, 0) is 51.2 Å². The largest absolute Gasteiger partial charge is 0.489 e. The number of fused-ring (bicyclic) bond motifs is 1. The van der Waals surface area contributed by atoms with E-state index in [4.69, 9.17) is 19.9 Å². The molecule has 0 aliphatic carbocycles. The zero-order valence-corrected chi connectivity index (χ0v) is 25.7. The van der Waals surface area contributed by atoms with Crippen LogP contribution in [0.1, 0.15) is 19.5 Å². The van der Waals surface area contributed by atoms with Crippen molar-refractivity contribution in [2.75, 3.05) is 37.8 Å². The number of nitrogens with one attached hydrogen (secondary N) is 3. The fraction of sp³-hybridized carbons (Fsp3) is 0.360. The maximum absolute atomic E-state index is 13.2. The molecule has 7 N–H and O–H groups in total. The number of hydrogen-bond acceptors (Lipinski definition) is 15. The highest BCUT2D eigenvalue weighted by Crippen LogP contribution is 2.33. The van der Waals surface area contributed by atoms with Gasteiger partial charge >= 0.3 is 16.4 Å². The number of carbonyl (C=O) groups is 3. The van der Waals surface area contributed by atoms with Crippen molar-refractivity contribution in [3.8, 4) is 5.75 Å². The molecule has 3 heterocycles. The molecule has 2 atom stereocenters. The number of nitrogens with zero attached hydrogens (tertiary/aromatic N) is 4. The van der Waals surface area contributed by atoms with Crippen molar-refractivity contribution in [2.45, 2.75) is 31.5 Å².